The fourth-order valence-corrected chi connectivity index (χ4v) is 3.26. The standard InChI is InChI=1S/C24H17N3O3/c25-15-28-21-8-1-18(2-9-21)3-14-24(19-4-10-22(11-5-19)29-16-26)20-6-12-23(13-7-20)30-17-27/h1-2,4-13,24H,3,14H2. The summed E-state index contributed by atoms with van der Waals surface area (Å²) in [5, 5.41) is 25.9. The first-order valence-electron chi connectivity index (χ1n) is 9.20. The van der Waals surface area contributed by atoms with Gasteiger partial charge in [-0.25, -0.2) is 0 Å². The fourth-order valence-electron chi connectivity index (χ4n) is 3.26. The summed E-state index contributed by atoms with van der Waals surface area (Å²) in [6, 6.07) is 22.3. The van der Waals surface area contributed by atoms with E-state index in [2.05, 4.69) is 0 Å². The SMILES string of the molecule is N#COc1ccc(CCC(c2ccc(OC#N)cc2)c2ccc(OC#N)cc2)cc1. The molecule has 0 amide bonds. The van der Waals surface area contributed by atoms with Crippen LogP contribution in [0.1, 0.15) is 29.0 Å². The van der Waals surface area contributed by atoms with Crippen molar-refractivity contribution in [2.45, 2.75) is 18.8 Å². The Morgan fingerprint density at radius 2 is 0.933 bits per heavy atom. The monoisotopic (exact) mass is 395 g/mol. The third-order valence-electron chi connectivity index (χ3n) is 4.70. The number of nitriles is 3. The number of hydrogen-bond acceptors (Lipinski definition) is 6. The summed E-state index contributed by atoms with van der Waals surface area (Å²) < 4.78 is 14.6. The molecule has 0 aliphatic carbocycles. The van der Waals surface area contributed by atoms with Crippen molar-refractivity contribution >= 4 is 0 Å². The van der Waals surface area contributed by atoms with Crippen molar-refractivity contribution in [1.29, 1.82) is 15.8 Å². The second-order valence-electron chi connectivity index (χ2n) is 6.45. The van der Waals surface area contributed by atoms with Crippen molar-refractivity contribution in [3.8, 4) is 36.0 Å². The van der Waals surface area contributed by atoms with Crippen LogP contribution in [0.15, 0.2) is 72.8 Å². The smallest absolute Gasteiger partial charge is 0.292 e. The van der Waals surface area contributed by atoms with E-state index in [0.29, 0.717) is 17.2 Å². The Kier molecular flexibility index (Phi) is 6.88. The predicted octanol–water partition coefficient (Wildman–Crippen LogP) is 5.03. The molecule has 0 atom stereocenters. The van der Waals surface area contributed by atoms with Gasteiger partial charge in [0.15, 0.2) is 0 Å². The van der Waals surface area contributed by atoms with Crippen molar-refractivity contribution < 1.29 is 14.2 Å². The summed E-state index contributed by atoms with van der Waals surface area (Å²) in [5.41, 5.74) is 3.29. The van der Waals surface area contributed by atoms with E-state index in [4.69, 9.17) is 30.0 Å². The van der Waals surface area contributed by atoms with Crippen LogP contribution in [-0.2, 0) is 6.42 Å². The van der Waals surface area contributed by atoms with Gasteiger partial charge in [0.2, 0.25) is 0 Å². The fraction of sp³-hybridized carbons (Fsp3) is 0.125. The third-order valence-corrected chi connectivity index (χ3v) is 4.70. The van der Waals surface area contributed by atoms with Gasteiger partial charge in [0.1, 0.15) is 17.2 Å². The lowest BCUT2D eigenvalue weighted by Gasteiger charge is -2.19. The summed E-state index contributed by atoms with van der Waals surface area (Å²) in [7, 11) is 0. The normalized spacial score (nSPS) is 9.80. The highest BCUT2D eigenvalue weighted by Gasteiger charge is 2.15. The highest BCUT2D eigenvalue weighted by molar-refractivity contribution is 5.39. The Bertz CT molecular complexity index is 1030. The number of aryl methyl sites for hydroxylation is 1. The van der Waals surface area contributed by atoms with Crippen LogP contribution in [-0.4, -0.2) is 0 Å². The zero-order valence-electron chi connectivity index (χ0n) is 16.0. The summed E-state index contributed by atoms with van der Waals surface area (Å²) >= 11 is 0. The first kappa shape index (κ1) is 20.3. The van der Waals surface area contributed by atoms with Gasteiger partial charge in [-0.15, -0.1) is 15.8 Å². The molecular formula is C24H17N3O3. The predicted molar refractivity (Wildman–Crippen MR) is 108 cm³/mol. The molecule has 6 nitrogen and oxygen atoms in total. The van der Waals surface area contributed by atoms with Gasteiger partial charge >= 0.3 is 0 Å². The van der Waals surface area contributed by atoms with Crippen LogP contribution in [0.25, 0.3) is 0 Å². The topological polar surface area (TPSA) is 99.1 Å². The molecular weight excluding hydrogens is 378 g/mol. The molecule has 146 valence electrons. The Morgan fingerprint density at radius 3 is 1.30 bits per heavy atom. The maximum Gasteiger partial charge on any atom is 0.292 e. The molecule has 0 heterocycles. The van der Waals surface area contributed by atoms with Gasteiger partial charge < -0.3 is 14.2 Å². The molecule has 3 aromatic carbocycles. The Labute approximate surface area is 174 Å². The van der Waals surface area contributed by atoms with Crippen LogP contribution >= 0.6 is 0 Å². The molecule has 0 aromatic heterocycles. The van der Waals surface area contributed by atoms with E-state index >= 15 is 0 Å². The molecule has 0 saturated carbocycles. The quantitative estimate of drug-likeness (QED) is 0.496. The second kappa shape index (κ2) is 10.2. The molecule has 3 rings (SSSR count). The van der Waals surface area contributed by atoms with Crippen molar-refractivity contribution in [2.24, 2.45) is 0 Å². The van der Waals surface area contributed by atoms with Crippen molar-refractivity contribution in [2.75, 3.05) is 0 Å². The largest absolute Gasteiger partial charge is 0.388 e. The molecule has 0 radical (unpaired) electrons. The van der Waals surface area contributed by atoms with Crippen LogP contribution in [0.5, 0.6) is 17.2 Å². The third kappa shape index (κ3) is 5.29. The summed E-state index contributed by atoms with van der Waals surface area (Å²) in [6.45, 7) is 0. The molecule has 30 heavy (non-hydrogen) atoms. The summed E-state index contributed by atoms with van der Waals surface area (Å²) in [6.07, 6.45) is 6.65. The number of benzene rings is 3. The van der Waals surface area contributed by atoms with E-state index < -0.39 is 0 Å². The first-order valence-corrected chi connectivity index (χ1v) is 9.20. The van der Waals surface area contributed by atoms with E-state index in [1.54, 1.807) is 55.2 Å². The van der Waals surface area contributed by atoms with E-state index in [1.165, 1.54) is 0 Å². The zero-order chi connectivity index (χ0) is 21.2. The lowest BCUT2D eigenvalue weighted by Crippen LogP contribution is -2.03. The molecule has 0 aliphatic heterocycles. The molecule has 3 aromatic rings. The van der Waals surface area contributed by atoms with Gasteiger partial charge in [0, 0.05) is 5.92 Å². The molecule has 0 bridgehead atoms. The number of nitrogens with zero attached hydrogens (tertiary/aromatic N) is 3. The van der Waals surface area contributed by atoms with Gasteiger partial charge in [0.25, 0.3) is 18.8 Å². The van der Waals surface area contributed by atoms with Crippen molar-refractivity contribution in [1.82, 2.24) is 0 Å². The van der Waals surface area contributed by atoms with E-state index in [1.807, 2.05) is 36.4 Å². The van der Waals surface area contributed by atoms with Crippen LogP contribution in [0.4, 0.5) is 0 Å². The van der Waals surface area contributed by atoms with Gasteiger partial charge in [0.05, 0.1) is 0 Å². The molecule has 0 spiro atoms. The first-order chi connectivity index (χ1) is 14.7. The van der Waals surface area contributed by atoms with Gasteiger partial charge in [-0.05, 0) is 65.9 Å². The van der Waals surface area contributed by atoms with E-state index in [-0.39, 0.29) is 5.92 Å². The Hall–Kier alpha value is -4.47. The second-order valence-corrected chi connectivity index (χ2v) is 6.45. The van der Waals surface area contributed by atoms with Crippen LogP contribution in [0, 0.1) is 34.6 Å². The molecule has 0 N–H and O–H groups in total. The summed E-state index contributed by atoms with van der Waals surface area (Å²) in [5.74, 6) is 1.59. The Morgan fingerprint density at radius 1 is 0.567 bits per heavy atom. The number of rotatable bonds is 8. The lowest BCUT2D eigenvalue weighted by molar-refractivity contribution is 0.506. The molecule has 6 heteroatoms. The minimum absolute atomic E-state index is 0.0901. The summed E-state index contributed by atoms with van der Waals surface area (Å²) in [4.78, 5) is 0. The number of ether oxygens (including phenoxy) is 3. The average Bonchev–Trinajstić information content (AvgIpc) is 2.78. The zero-order valence-corrected chi connectivity index (χ0v) is 16.0. The van der Waals surface area contributed by atoms with Gasteiger partial charge in [-0.1, -0.05) is 36.4 Å². The highest BCUT2D eigenvalue weighted by Crippen LogP contribution is 2.32. The maximum atomic E-state index is 8.68. The van der Waals surface area contributed by atoms with Crippen LogP contribution in [0.3, 0.4) is 0 Å². The highest BCUT2D eigenvalue weighted by atomic mass is 16.5. The Balaban J connectivity index is 1.82. The average molecular weight is 395 g/mol. The minimum Gasteiger partial charge on any atom is -0.388 e. The number of hydrogen-bond donors (Lipinski definition) is 0. The molecule has 0 unspecified atom stereocenters. The minimum atomic E-state index is 0.0901. The lowest BCUT2D eigenvalue weighted by atomic mass is 9.86. The molecule has 0 fully saturated rings. The van der Waals surface area contributed by atoms with Crippen molar-refractivity contribution in [3.05, 3.63) is 89.5 Å². The van der Waals surface area contributed by atoms with Crippen LogP contribution < -0.4 is 14.2 Å². The van der Waals surface area contributed by atoms with Gasteiger partial charge in [-0.2, -0.15) is 0 Å². The maximum absolute atomic E-state index is 8.68. The van der Waals surface area contributed by atoms with Crippen LogP contribution in [0.2, 0.25) is 0 Å². The molecule has 0 saturated heterocycles. The van der Waals surface area contributed by atoms with Gasteiger partial charge in [-0.3, -0.25) is 0 Å². The molecule has 0 aliphatic rings. The van der Waals surface area contributed by atoms with E-state index in [9.17, 15) is 0 Å². The van der Waals surface area contributed by atoms with Crippen molar-refractivity contribution in [3.63, 3.8) is 0 Å². The van der Waals surface area contributed by atoms with E-state index in [0.717, 1.165) is 29.5 Å².